The van der Waals surface area contributed by atoms with Crippen LogP contribution in [0.25, 0.3) is 0 Å². The average molecular weight is 243 g/mol. The maximum atomic E-state index is 11.6. The van der Waals surface area contributed by atoms with Crippen LogP contribution in [0, 0.1) is 0 Å². The number of carbonyl (C=O) groups excluding carboxylic acids is 2. The molecular formula is C12H25N3O2. The number of amides is 2. The SMILES string of the molecule is CCNCCNC(=O)CCC(=O)N(CC)CC. The Labute approximate surface area is 104 Å². The summed E-state index contributed by atoms with van der Waals surface area (Å²) in [6, 6.07) is 0. The molecule has 100 valence electrons. The summed E-state index contributed by atoms with van der Waals surface area (Å²) in [5, 5.41) is 5.89. The second-order valence-corrected chi connectivity index (χ2v) is 3.77. The number of hydrogen-bond donors (Lipinski definition) is 2. The Hall–Kier alpha value is -1.10. The Morgan fingerprint density at radius 1 is 1.00 bits per heavy atom. The van der Waals surface area contributed by atoms with Crippen LogP contribution in [-0.4, -0.2) is 49.4 Å². The molecule has 0 aromatic carbocycles. The molecule has 0 aliphatic carbocycles. The molecule has 0 atom stereocenters. The molecule has 0 fully saturated rings. The topological polar surface area (TPSA) is 61.4 Å². The molecule has 0 aromatic rings. The van der Waals surface area contributed by atoms with E-state index in [0.717, 1.165) is 13.1 Å². The predicted octanol–water partition coefficient (Wildman–Crippen LogP) is 0.361. The first-order chi connectivity index (χ1) is 8.15. The van der Waals surface area contributed by atoms with Crippen molar-refractivity contribution in [2.45, 2.75) is 33.6 Å². The summed E-state index contributed by atoms with van der Waals surface area (Å²) in [6.07, 6.45) is 0.580. The lowest BCUT2D eigenvalue weighted by Gasteiger charge is -2.18. The van der Waals surface area contributed by atoms with Crippen molar-refractivity contribution in [3.05, 3.63) is 0 Å². The first-order valence-corrected chi connectivity index (χ1v) is 6.40. The number of nitrogens with zero attached hydrogens (tertiary/aromatic N) is 1. The van der Waals surface area contributed by atoms with Crippen LogP contribution >= 0.6 is 0 Å². The molecule has 0 aliphatic heterocycles. The van der Waals surface area contributed by atoms with Crippen molar-refractivity contribution in [3.8, 4) is 0 Å². The van der Waals surface area contributed by atoms with E-state index in [-0.39, 0.29) is 18.2 Å². The van der Waals surface area contributed by atoms with Gasteiger partial charge in [-0.1, -0.05) is 6.92 Å². The van der Waals surface area contributed by atoms with Gasteiger partial charge in [0.05, 0.1) is 0 Å². The molecule has 0 radical (unpaired) electrons. The van der Waals surface area contributed by atoms with E-state index in [0.29, 0.717) is 26.1 Å². The van der Waals surface area contributed by atoms with Gasteiger partial charge in [-0.2, -0.15) is 0 Å². The summed E-state index contributed by atoms with van der Waals surface area (Å²) >= 11 is 0. The third-order valence-electron chi connectivity index (χ3n) is 2.56. The highest BCUT2D eigenvalue weighted by Gasteiger charge is 2.11. The van der Waals surface area contributed by atoms with Crippen molar-refractivity contribution < 1.29 is 9.59 Å². The highest BCUT2D eigenvalue weighted by atomic mass is 16.2. The number of hydrogen-bond acceptors (Lipinski definition) is 3. The van der Waals surface area contributed by atoms with Crippen LogP contribution in [0.1, 0.15) is 33.6 Å². The van der Waals surface area contributed by atoms with Gasteiger partial charge in [0.15, 0.2) is 0 Å². The monoisotopic (exact) mass is 243 g/mol. The second-order valence-electron chi connectivity index (χ2n) is 3.77. The largest absolute Gasteiger partial charge is 0.355 e. The lowest BCUT2D eigenvalue weighted by atomic mass is 10.2. The zero-order valence-corrected chi connectivity index (χ0v) is 11.2. The van der Waals surface area contributed by atoms with E-state index in [2.05, 4.69) is 10.6 Å². The first kappa shape index (κ1) is 15.9. The fraction of sp³-hybridized carbons (Fsp3) is 0.833. The standard InChI is InChI=1S/C12H25N3O2/c1-4-13-9-10-14-11(16)7-8-12(17)15(5-2)6-3/h13H,4-10H2,1-3H3,(H,14,16). The van der Waals surface area contributed by atoms with Crippen LogP contribution in [0.4, 0.5) is 0 Å². The molecule has 2 amide bonds. The lowest BCUT2D eigenvalue weighted by Crippen LogP contribution is -2.34. The number of carbonyl (C=O) groups is 2. The molecule has 2 N–H and O–H groups in total. The van der Waals surface area contributed by atoms with E-state index < -0.39 is 0 Å². The lowest BCUT2D eigenvalue weighted by molar-refractivity contribution is -0.133. The molecule has 0 rings (SSSR count). The molecule has 0 heterocycles. The van der Waals surface area contributed by atoms with Crippen molar-refractivity contribution in [2.24, 2.45) is 0 Å². The van der Waals surface area contributed by atoms with Crippen LogP contribution in [0.3, 0.4) is 0 Å². The fourth-order valence-corrected chi connectivity index (χ4v) is 1.51. The van der Waals surface area contributed by atoms with Gasteiger partial charge in [0.2, 0.25) is 11.8 Å². The smallest absolute Gasteiger partial charge is 0.223 e. The molecule has 17 heavy (non-hydrogen) atoms. The van der Waals surface area contributed by atoms with Gasteiger partial charge in [-0.3, -0.25) is 9.59 Å². The molecule has 0 saturated carbocycles. The number of rotatable bonds is 9. The highest BCUT2D eigenvalue weighted by Crippen LogP contribution is 1.97. The minimum absolute atomic E-state index is 0.0524. The third-order valence-corrected chi connectivity index (χ3v) is 2.56. The summed E-state index contributed by atoms with van der Waals surface area (Å²) < 4.78 is 0. The average Bonchev–Trinajstić information content (AvgIpc) is 2.33. The van der Waals surface area contributed by atoms with Crippen molar-refractivity contribution in [2.75, 3.05) is 32.7 Å². The van der Waals surface area contributed by atoms with Crippen LogP contribution in [0.5, 0.6) is 0 Å². The van der Waals surface area contributed by atoms with Gasteiger partial charge in [-0.15, -0.1) is 0 Å². The van der Waals surface area contributed by atoms with E-state index in [1.807, 2.05) is 20.8 Å². The predicted molar refractivity (Wildman–Crippen MR) is 68.7 cm³/mol. The third kappa shape index (κ3) is 7.74. The fourth-order valence-electron chi connectivity index (χ4n) is 1.51. The summed E-state index contributed by atoms with van der Waals surface area (Å²) in [4.78, 5) is 24.8. The molecular weight excluding hydrogens is 218 g/mol. The van der Waals surface area contributed by atoms with Crippen molar-refractivity contribution >= 4 is 11.8 Å². The minimum atomic E-state index is -0.0524. The molecule has 0 bridgehead atoms. The van der Waals surface area contributed by atoms with Gasteiger partial charge in [-0.05, 0) is 20.4 Å². The molecule has 0 aromatic heterocycles. The van der Waals surface area contributed by atoms with Crippen LogP contribution in [0.2, 0.25) is 0 Å². The Kier molecular flexibility index (Phi) is 9.43. The molecule has 0 unspecified atom stereocenters. The zero-order valence-electron chi connectivity index (χ0n) is 11.2. The maximum Gasteiger partial charge on any atom is 0.223 e. The molecule has 5 nitrogen and oxygen atoms in total. The second kappa shape index (κ2) is 10.1. The number of likely N-dealkylation sites (N-methyl/N-ethyl adjacent to an activating group) is 1. The first-order valence-electron chi connectivity index (χ1n) is 6.40. The quantitative estimate of drug-likeness (QED) is 0.575. The Morgan fingerprint density at radius 3 is 2.18 bits per heavy atom. The van der Waals surface area contributed by atoms with Crippen molar-refractivity contribution in [1.82, 2.24) is 15.5 Å². The van der Waals surface area contributed by atoms with Gasteiger partial charge < -0.3 is 15.5 Å². The normalized spacial score (nSPS) is 10.1. The van der Waals surface area contributed by atoms with E-state index >= 15 is 0 Å². The molecule has 0 aliphatic rings. The molecule has 0 spiro atoms. The van der Waals surface area contributed by atoms with E-state index in [9.17, 15) is 9.59 Å². The Morgan fingerprint density at radius 2 is 1.65 bits per heavy atom. The van der Waals surface area contributed by atoms with Crippen LogP contribution in [-0.2, 0) is 9.59 Å². The Bertz CT molecular complexity index is 228. The summed E-state index contributed by atoms with van der Waals surface area (Å²) in [7, 11) is 0. The van der Waals surface area contributed by atoms with Gasteiger partial charge >= 0.3 is 0 Å². The van der Waals surface area contributed by atoms with E-state index in [1.165, 1.54) is 0 Å². The zero-order chi connectivity index (χ0) is 13.1. The highest BCUT2D eigenvalue weighted by molar-refractivity contribution is 5.83. The molecule has 5 heteroatoms. The van der Waals surface area contributed by atoms with Gasteiger partial charge in [0, 0.05) is 39.0 Å². The summed E-state index contributed by atoms with van der Waals surface area (Å²) in [5.41, 5.74) is 0. The minimum Gasteiger partial charge on any atom is -0.355 e. The van der Waals surface area contributed by atoms with Gasteiger partial charge in [-0.25, -0.2) is 0 Å². The van der Waals surface area contributed by atoms with E-state index in [4.69, 9.17) is 0 Å². The van der Waals surface area contributed by atoms with Crippen LogP contribution in [0.15, 0.2) is 0 Å². The van der Waals surface area contributed by atoms with Crippen molar-refractivity contribution in [3.63, 3.8) is 0 Å². The van der Waals surface area contributed by atoms with Crippen molar-refractivity contribution in [1.29, 1.82) is 0 Å². The van der Waals surface area contributed by atoms with Gasteiger partial charge in [0.25, 0.3) is 0 Å². The molecule has 0 saturated heterocycles. The van der Waals surface area contributed by atoms with E-state index in [1.54, 1.807) is 4.90 Å². The van der Waals surface area contributed by atoms with Gasteiger partial charge in [0.1, 0.15) is 0 Å². The Balaban J connectivity index is 3.65. The summed E-state index contributed by atoms with van der Waals surface area (Å²) in [6.45, 7) is 9.60. The number of nitrogens with one attached hydrogen (secondary N) is 2. The van der Waals surface area contributed by atoms with Crippen LogP contribution < -0.4 is 10.6 Å². The summed E-state index contributed by atoms with van der Waals surface area (Å²) in [5.74, 6) is 0.000224. The maximum absolute atomic E-state index is 11.6.